The molecular weight excluding hydrogens is 534 g/mol. The molecule has 0 saturated heterocycles. The molecule has 1 aliphatic rings. The van der Waals surface area contributed by atoms with Gasteiger partial charge in [-0.05, 0) is 45.7 Å². The zero-order valence-electron chi connectivity index (χ0n) is 21.1. The summed E-state index contributed by atoms with van der Waals surface area (Å²) in [6.07, 6.45) is 2.90. The second kappa shape index (κ2) is 12.8. The van der Waals surface area contributed by atoms with Crippen molar-refractivity contribution in [3.8, 4) is 23.0 Å². The zero-order valence-corrected chi connectivity index (χ0v) is 22.7. The predicted octanol–water partition coefficient (Wildman–Crippen LogP) is 4.55. The number of thioether (sulfide) groups is 1. The van der Waals surface area contributed by atoms with Crippen LogP contribution in [0.1, 0.15) is 49.7 Å². The first-order chi connectivity index (χ1) is 18.4. The molecule has 2 heterocycles. The number of hydrogen-bond acceptors (Lipinski definition) is 12. The molecule has 1 amide bonds. The van der Waals surface area contributed by atoms with Crippen LogP contribution in [0.15, 0.2) is 38.0 Å². The quantitative estimate of drug-likeness (QED) is 0.179. The van der Waals surface area contributed by atoms with Gasteiger partial charge in [-0.1, -0.05) is 23.1 Å². The maximum absolute atomic E-state index is 12.9. The summed E-state index contributed by atoms with van der Waals surface area (Å²) in [5.41, 5.74) is -0.393. The molecule has 3 aromatic rings. The Kier molecular flexibility index (Phi) is 9.24. The Labute approximate surface area is 226 Å². The van der Waals surface area contributed by atoms with Crippen molar-refractivity contribution in [2.45, 2.75) is 43.7 Å². The van der Waals surface area contributed by atoms with Gasteiger partial charge in [0.15, 0.2) is 15.8 Å². The SMILES string of the molecule is CCOc1cc(C(=O)Oc2coc(CSc3nnc(NC(=O)C4CC4)s3)cc2=O)cc(OCC)c1OCC. The Balaban J connectivity index is 1.41. The Morgan fingerprint density at radius 3 is 2.32 bits per heavy atom. The summed E-state index contributed by atoms with van der Waals surface area (Å²) in [4.78, 5) is 37.3. The molecule has 38 heavy (non-hydrogen) atoms. The molecule has 13 heteroatoms. The predicted molar refractivity (Wildman–Crippen MR) is 141 cm³/mol. The van der Waals surface area contributed by atoms with E-state index in [4.69, 9.17) is 23.4 Å². The maximum Gasteiger partial charge on any atom is 0.344 e. The molecule has 0 radical (unpaired) electrons. The molecule has 1 N–H and O–H groups in total. The van der Waals surface area contributed by atoms with E-state index in [1.165, 1.54) is 41.3 Å². The van der Waals surface area contributed by atoms with E-state index in [0.717, 1.165) is 19.1 Å². The van der Waals surface area contributed by atoms with E-state index in [1.54, 1.807) is 0 Å². The summed E-state index contributed by atoms with van der Waals surface area (Å²) in [5.74, 6) is 0.708. The molecule has 1 saturated carbocycles. The van der Waals surface area contributed by atoms with Crippen LogP contribution >= 0.6 is 23.1 Å². The summed E-state index contributed by atoms with van der Waals surface area (Å²) in [5, 5.41) is 11.2. The lowest BCUT2D eigenvalue weighted by Crippen LogP contribution is -2.15. The van der Waals surface area contributed by atoms with Crippen molar-refractivity contribution < 1.29 is 33.0 Å². The van der Waals surface area contributed by atoms with E-state index in [-0.39, 0.29) is 23.1 Å². The van der Waals surface area contributed by atoms with Crippen LogP contribution in [-0.2, 0) is 10.5 Å². The molecule has 202 valence electrons. The third-order valence-corrected chi connectivity index (χ3v) is 7.12. The van der Waals surface area contributed by atoms with Crippen LogP contribution in [0, 0.1) is 5.92 Å². The molecule has 0 bridgehead atoms. The van der Waals surface area contributed by atoms with Gasteiger partial charge in [0.2, 0.25) is 28.0 Å². The summed E-state index contributed by atoms with van der Waals surface area (Å²) >= 11 is 2.54. The largest absolute Gasteiger partial charge is 0.490 e. The lowest BCUT2D eigenvalue weighted by atomic mass is 10.2. The number of esters is 1. The van der Waals surface area contributed by atoms with Gasteiger partial charge in [-0.2, -0.15) is 0 Å². The highest BCUT2D eigenvalue weighted by atomic mass is 32.2. The number of nitrogens with zero attached hydrogens (tertiary/aromatic N) is 2. The molecule has 0 atom stereocenters. The highest BCUT2D eigenvalue weighted by Crippen LogP contribution is 2.39. The van der Waals surface area contributed by atoms with Crippen LogP contribution in [0.2, 0.25) is 0 Å². The number of ether oxygens (including phenoxy) is 4. The number of rotatable bonds is 13. The van der Waals surface area contributed by atoms with E-state index < -0.39 is 11.4 Å². The molecule has 0 spiro atoms. The first kappa shape index (κ1) is 27.5. The van der Waals surface area contributed by atoms with Crippen LogP contribution in [0.4, 0.5) is 5.13 Å². The molecule has 4 rings (SSSR count). The normalized spacial score (nSPS) is 12.6. The molecule has 1 aliphatic carbocycles. The summed E-state index contributed by atoms with van der Waals surface area (Å²) in [6.45, 7) is 6.52. The van der Waals surface area contributed by atoms with Crippen molar-refractivity contribution in [2.24, 2.45) is 5.92 Å². The molecule has 1 aromatic carbocycles. The molecule has 11 nitrogen and oxygen atoms in total. The Hall–Kier alpha value is -3.58. The second-order valence-corrected chi connectivity index (χ2v) is 10.2. The van der Waals surface area contributed by atoms with E-state index in [1.807, 2.05) is 20.8 Å². The van der Waals surface area contributed by atoms with Gasteiger partial charge in [-0.3, -0.25) is 9.59 Å². The third-order valence-electron chi connectivity index (χ3n) is 5.12. The van der Waals surface area contributed by atoms with Crippen LogP contribution in [0.3, 0.4) is 0 Å². The van der Waals surface area contributed by atoms with Gasteiger partial charge >= 0.3 is 5.97 Å². The van der Waals surface area contributed by atoms with Crippen molar-refractivity contribution in [3.63, 3.8) is 0 Å². The fourth-order valence-electron chi connectivity index (χ4n) is 3.26. The van der Waals surface area contributed by atoms with Crippen LogP contribution in [0.25, 0.3) is 0 Å². The zero-order chi connectivity index (χ0) is 27.1. The fraction of sp³-hybridized carbons (Fsp3) is 0.400. The standard InChI is InChI=1S/C25H27N3O8S2/c1-4-32-18-9-15(10-19(33-5-2)21(18)34-6-3)23(31)36-20-12-35-16(11-17(20)29)13-37-25-28-27-24(38-25)26-22(30)14-7-8-14/h9-12,14H,4-8,13H2,1-3H3,(H,26,27,30). The molecule has 0 unspecified atom stereocenters. The molecule has 2 aromatic heterocycles. The van der Waals surface area contributed by atoms with Crippen molar-refractivity contribution in [1.29, 1.82) is 0 Å². The van der Waals surface area contributed by atoms with Crippen molar-refractivity contribution in [1.82, 2.24) is 10.2 Å². The van der Waals surface area contributed by atoms with Crippen molar-refractivity contribution in [2.75, 3.05) is 25.1 Å². The summed E-state index contributed by atoms with van der Waals surface area (Å²) in [6, 6.07) is 4.21. The first-order valence-corrected chi connectivity index (χ1v) is 13.9. The maximum atomic E-state index is 12.9. The van der Waals surface area contributed by atoms with Crippen LogP contribution in [0.5, 0.6) is 23.0 Å². The molecule has 1 fully saturated rings. The number of benzene rings is 1. The lowest BCUT2D eigenvalue weighted by Gasteiger charge is -2.16. The molecule has 0 aliphatic heterocycles. The van der Waals surface area contributed by atoms with E-state index in [0.29, 0.717) is 58.1 Å². The minimum absolute atomic E-state index is 0.0395. The minimum atomic E-state index is -0.779. The van der Waals surface area contributed by atoms with E-state index >= 15 is 0 Å². The van der Waals surface area contributed by atoms with Crippen LogP contribution in [-0.4, -0.2) is 41.9 Å². The van der Waals surface area contributed by atoms with Gasteiger partial charge in [-0.25, -0.2) is 4.79 Å². The van der Waals surface area contributed by atoms with Gasteiger partial charge < -0.3 is 28.7 Å². The smallest absolute Gasteiger partial charge is 0.344 e. The minimum Gasteiger partial charge on any atom is -0.490 e. The first-order valence-electron chi connectivity index (χ1n) is 12.1. The van der Waals surface area contributed by atoms with Gasteiger partial charge in [0.05, 0.1) is 31.1 Å². The summed E-state index contributed by atoms with van der Waals surface area (Å²) in [7, 11) is 0. The average molecular weight is 562 g/mol. The Morgan fingerprint density at radius 1 is 1.03 bits per heavy atom. The Bertz CT molecular complexity index is 1330. The second-order valence-electron chi connectivity index (χ2n) is 7.99. The number of nitrogens with one attached hydrogen (secondary N) is 1. The number of carbonyl (C=O) groups excluding carboxylic acids is 2. The van der Waals surface area contributed by atoms with E-state index in [2.05, 4.69) is 15.5 Å². The van der Waals surface area contributed by atoms with Crippen molar-refractivity contribution >= 4 is 40.1 Å². The van der Waals surface area contributed by atoms with Gasteiger partial charge in [0.25, 0.3) is 0 Å². The van der Waals surface area contributed by atoms with Crippen LogP contribution < -0.4 is 29.7 Å². The Morgan fingerprint density at radius 2 is 1.71 bits per heavy atom. The van der Waals surface area contributed by atoms with Crippen molar-refractivity contribution in [3.05, 3.63) is 46.0 Å². The summed E-state index contributed by atoms with van der Waals surface area (Å²) < 4.78 is 28.3. The topological polar surface area (TPSA) is 139 Å². The van der Waals surface area contributed by atoms with Gasteiger partial charge in [0.1, 0.15) is 12.0 Å². The fourth-order valence-corrected chi connectivity index (χ4v) is 4.90. The highest BCUT2D eigenvalue weighted by Gasteiger charge is 2.30. The van der Waals surface area contributed by atoms with E-state index in [9.17, 15) is 14.4 Å². The number of hydrogen-bond donors (Lipinski definition) is 1. The lowest BCUT2D eigenvalue weighted by molar-refractivity contribution is -0.117. The monoisotopic (exact) mass is 561 g/mol. The third kappa shape index (κ3) is 7.04. The number of aromatic nitrogens is 2. The molecular formula is C25H27N3O8S2. The average Bonchev–Trinajstić information content (AvgIpc) is 3.66. The number of amides is 1. The highest BCUT2D eigenvalue weighted by molar-refractivity contribution is 8.00. The number of carbonyl (C=O) groups is 2. The number of anilines is 1. The van der Waals surface area contributed by atoms with Gasteiger partial charge in [0, 0.05) is 12.0 Å². The van der Waals surface area contributed by atoms with Gasteiger partial charge in [-0.15, -0.1) is 10.2 Å².